The molecule has 0 atom stereocenters. The van der Waals surface area contributed by atoms with Crippen molar-refractivity contribution in [3.05, 3.63) is 70.4 Å². The first-order valence-corrected chi connectivity index (χ1v) is 8.17. The second-order valence-corrected chi connectivity index (χ2v) is 6.49. The van der Waals surface area contributed by atoms with Crippen LogP contribution >= 0.6 is 0 Å². The quantitative estimate of drug-likeness (QED) is 0.695. The van der Waals surface area contributed by atoms with Gasteiger partial charge < -0.3 is 9.88 Å². The van der Waals surface area contributed by atoms with Crippen LogP contribution in [0.15, 0.2) is 42.5 Å². The molecule has 1 amide bonds. The molecular formula is C20H19F3N2O. The van der Waals surface area contributed by atoms with E-state index in [1.807, 2.05) is 26.0 Å². The first kappa shape index (κ1) is 18.0. The van der Waals surface area contributed by atoms with Gasteiger partial charge in [-0.2, -0.15) is 13.2 Å². The molecule has 3 nitrogen and oxygen atoms in total. The third kappa shape index (κ3) is 3.45. The topological polar surface area (TPSA) is 36.1 Å². The molecule has 0 aliphatic carbocycles. The van der Waals surface area contributed by atoms with Crippen LogP contribution in [0, 0.1) is 13.8 Å². The summed E-state index contributed by atoms with van der Waals surface area (Å²) in [5.41, 5.74) is 3.63. The zero-order chi connectivity index (χ0) is 19.1. The highest BCUT2D eigenvalue weighted by Crippen LogP contribution is 2.29. The second-order valence-electron chi connectivity index (χ2n) is 6.49. The summed E-state index contributed by atoms with van der Waals surface area (Å²) < 4.78 is 37.9. The van der Waals surface area contributed by atoms with Crippen molar-refractivity contribution in [3.8, 4) is 0 Å². The number of nitrogens with zero attached hydrogens (tertiary/aromatic N) is 1. The van der Waals surface area contributed by atoms with Gasteiger partial charge >= 0.3 is 6.18 Å². The summed E-state index contributed by atoms with van der Waals surface area (Å²) >= 11 is 0. The molecule has 136 valence electrons. The van der Waals surface area contributed by atoms with Crippen LogP contribution in [0.3, 0.4) is 0 Å². The van der Waals surface area contributed by atoms with Crippen LogP contribution in [0.5, 0.6) is 0 Å². The van der Waals surface area contributed by atoms with Gasteiger partial charge in [-0.05, 0) is 55.3 Å². The molecule has 0 unspecified atom stereocenters. The standard InChI is InChI=1S/C20H19F3N2O/c1-12-13(2)24-18-9-6-15(10-17(12)18)19(26)25(3)11-14-4-7-16(8-5-14)20(21,22)23/h4-10,24H,11H2,1-3H3. The summed E-state index contributed by atoms with van der Waals surface area (Å²) in [5, 5.41) is 0.997. The molecule has 0 aliphatic rings. The molecule has 3 rings (SSSR count). The Morgan fingerprint density at radius 3 is 2.35 bits per heavy atom. The number of alkyl halides is 3. The molecule has 2 aromatic carbocycles. The lowest BCUT2D eigenvalue weighted by atomic mass is 10.1. The summed E-state index contributed by atoms with van der Waals surface area (Å²) in [7, 11) is 1.64. The van der Waals surface area contributed by atoms with Gasteiger partial charge in [0.1, 0.15) is 0 Å². The Bertz CT molecular complexity index is 956. The predicted octanol–water partition coefficient (Wildman–Crippen LogP) is 5.08. The van der Waals surface area contributed by atoms with E-state index in [9.17, 15) is 18.0 Å². The first-order valence-electron chi connectivity index (χ1n) is 8.17. The summed E-state index contributed by atoms with van der Waals surface area (Å²) in [6, 6.07) is 10.3. The second kappa shape index (κ2) is 6.52. The largest absolute Gasteiger partial charge is 0.416 e. The third-order valence-corrected chi connectivity index (χ3v) is 4.60. The lowest BCUT2D eigenvalue weighted by molar-refractivity contribution is -0.137. The van der Waals surface area contributed by atoms with Gasteiger partial charge in [-0.15, -0.1) is 0 Å². The van der Waals surface area contributed by atoms with Crippen molar-refractivity contribution in [1.82, 2.24) is 9.88 Å². The Morgan fingerprint density at radius 2 is 1.73 bits per heavy atom. The van der Waals surface area contributed by atoms with Gasteiger partial charge in [0.2, 0.25) is 0 Å². The number of rotatable bonds is 3. The van der Waals surface area contributed by atoms with Crippen molar-refractivity contribution in [3.63, 3.8) is 0 Å². The van der Waals surface area contributed by atoms with E-state index in [-0.39, 0.29) is 12.5 Å². The van der Waals surface area contributed by atoms with Crippen LogP contribution in [-0.2, 0) is 12.7 Å². The smallest absolute Gasteiger partial charge is 0.358 e. The number of aromatic nitrogens is 1. The number of hydrogen-bond acceptors (Lipinski definition) is 1. The van der Waals surface area contributed by atoms with Crippen molar-refractivity contribution in [2.24, 2.45) is 0 Å². The summed E-state index contributed by atoms with van der Waals surface area (Å²) in [5.74, 6) is -0.176. The maximum absolute atomic E-state index is 12.7. The summed E-state index contributed by atoms with van der Waals surface area (Å²) in [4.78, 5) is 17.4. The molecule has 0 spiro atoms. The Hall–Kier alpha value is -2.76. The molecule has 0 aliphatic heterocycles. The number of fused-ring (bicyclic) bond motifs is 1. The van der Waals surface area contributed by atoms with Crippen molar-refractivity contribution in [1.29, 1.82) is 0 Å². The fourth-order valence-corrected chi connectivity index (χ4v) is 2.96. The minimum absolute atomic E-state index is 0.176. The molecule has 1 aromatic heterocycles. The normalized spacial score (nSPS) is 11.8. The third-order valence-electron chi connectivity index (χ3n) is 4.60. The number of halogens is 3. The minimum atomic E-state index is -4.36. The Morgan fingerprint density at radius 1 is 1.08 bits per heavy atom. The number of nitrogens with one attached hydrogen (secondary N) is 1. The average molecular weight is 360 g/mol. The number of carbonyl (C=O) groups excluding carboxylic acids is 1. The van der Waals surface area contributed by atoms with Gasteiger partial charge in [-0.25, -0.2) is 0 Å². The fourth-order valence-electron chi connectivity index (χ4n) is 2.96. The number of hydrogen-bond donors (Lipinski definition) is 1. The van der Waals surface area contributed by atoms with Gasteiger partial charge in [-0.3, -0.25) is 4.79 Å². The van der Waals surface area contributed by atoms with Crippen molar-refractivity contribution in [2.45, 2.75) is 26.6 Å². The molecule has 0 fully saturated rings. The molecule has 6 heteroatoms. The highest BCUT2D eigenvalue weighted by Gasteiger charge is 2.30. The Labute approximate surface area is 149 Å². The maximum atomic E-state index is 12.7. The molecule has 0 saturated carbocycles. The average Bonchev–Trinajstić information content (AvgIpc) is 2.88. The maximum Gasteiger partial charge on any atom is 0.416 e. The van der Waals surface area contributed by atoms with Crippen LogP contribution in [0.1, 0.15) is 32.7 Å². The molecular weight excluding hydrogens is 341 g/mol. The van der Waals surface area contributed by atoms with Gasteiger partial charge in [0.25, 0.3) is 5.91 Å². The number of amides is 1. The molecule has 1 heterocycles. The number of benzene rings is 2. The zero-order valence-electron chi connectivity index (χ0n) is 14.7. The van der Waals surface area contributed by atoms with E-state index in [0.29, 0.717) is 11.1 Å². The van der Waals surface area contributed by atoms with E-state index in [0.717, 1.165) is 34.3 Å². The predicted molar refractivity (Wildman–Crippen MR) is 95.0 cm³/mol. The van der Waals surface area contributed by atoms with Crippen LogP contribution in [0.4, 0.5) is 13.2 Å². The van der Waals surface area contributed by atoms with E-state index >= 15 is 0 Å². The van der Waals surface area contributed by atoms with Gasteiger partial charge in [0, 0.05) is 35.8 Å². The number of carbonyl (C=O) groups is 1. The van der Waals surface area contributed by atoms with Crippen LogP contribution < -0.4 is 0 Å². The van der Waals surface area contributed by atoms with Gasteiger partial charge in [0.05, 0.1) is 5.56 Å². The van der Waals surface area contributed by atoms with E-state index in [1.54, 1.807) is 13.1 Å². The Balaban J connectivity index is 1.78. The summed E-state index contributed by atoms with van der Waals surface area (Å²) in [6.07, 6.45) is -4.36. The highest BCUT2D eigenvalue weighted by atomic mass is 19.4. The van der Waals surface area contributed by atoms with Crippen molar-refractivity contribution >= 4 is 16.8 Å². The van der Waals surface area contributed by atoms with Crippen LogP contribution in [-0.4, -0.2) is 22.8 Å². The van der Waals surface area contributed by atoms with E-state index in [2.05, 4.69) is 4.98 Å². The van der Waals surface area contributed by atoms with E-state index in [4.69, 9.17) is 0 Å². The monoisotopic (exact) mass is 360 g/mol. The molecule has 0 bridgehead atoms. The zero-order valence-corrected chi connectivity index (χ0v) is 14.7. The Kier molecular flexibility index (Phi) is 4.52. The molecule has 26 heavy (non-hydrogen) atoms. The van der Waals surface area contributed by atoms with Crippen LogP contribution in [0.25, 0.3) is 10.9 Å². The molecule has 0 saturated heterocycles. The van der Waals surface area contributed by atoms with Gasteiger partial charge in [0.15, 0.2) is 0 Å². The van der Waals surface area contributed by atoms with Crippen molar-refractivity contribution in [2.75, 3.05) is 7.05 Å². The SMILES string of the molecule is Cc1[nH]c2ccc(C(=O)N(C)Cc3ccc(C(F)(F)F)cc3)cc2c1C. The number of aromatic amines is 1. The van der Waals surface area contributed by atoms with E-state index < -0.39 is 11.7 Å². The number of H-pyrrole nitrogens is 1. The van der Waals surface area contributed by atoms with Gasteiger partial charge in [-0.1, -0.05) is 12.1 Å². The van der Waals surface area contributed by atoms with Crippen LogP contribution in [0.2, 0.25) is 0 Å². The molecule has 1 N–H and O–H groups in total. The number of aryl methyl sites for hydroxylation is 2. The molecule has 3 aromatic rings. The summed E-state index contributed by atoms with van der Waals surface area (Å²) in [6.45, 7) is 4.21. The first-order chi connectivity index (χ1) is 12.2. The minimum Gasteiger partial charge on any atom is -0.358 e. The van der Waals surface area contributed by atoms with Crippen molar-refractivity contribution < 1.29 is 18.0 Å². The molecule has 0 radical (unpaired) electrons. The lowest BCUT2D eigenvalue weighted by Crippen LogP contribution is -2.26. The van der Waals surface area contributed by atoms with E-state index in [1.165, 1.54) is 17.0 Å². The highest BCUT2D eigenvalue weighted by molar-refractivity contribution is 5.98. The lowest BCUT2D eigenvalue weighted by Gasteiger charge is -2.18. The fraction of sp³-hybridized carbons (Fsp3) is 0.250.